The fraction of sp³-hybridized carbons (Fsp3) is 0. The van der Waals surface area contributed by atoms with Crippen molar-refractivity contribution in [1.82, 2.24) is 15.0 Å². The van der Waals surface area contributed by atoms with Crippen molar-refractivity contribution >= 4 is 97.7 Å². The van der Waals surface area contributed by atoms with E-state index in [1.54, 1.807) is 0 Å². The van der Waals surface area contributed by atoms with Gasteiger partial charge in [0.1, 0.15) is 0 Å². The number of hydrogen-bond acceptors (Lipinski definition) is 0. The van der Waals surface area contributed by atoms with Gasteiger partial charge < -0.3 is 15.0 Å². The van der Waals surface area contributed by atoms with Gasteiger partial charge in [0.05, 0.1) is 16.6 Å². The van der Waals surface area contributed by atoms with Crippen molar-refractivity contribution in [2.45, 2.75) is 0 Å². The molecule has 0 radical (unpaired) electrons. The third-order valence-corrected chi connectivity index (χ3v) is 8.74. The standard InChI is InChI=1S/C36H21N3/c1-4-10-22-16-28-25(13-19(22)7-1)31-34(37-28)32-27-15-21-9-3-6-12-24(21)18-30(27)39-36(32)33-26-14-20-8-2-5-11-23(20)17-29(26)38-35(31)33/h1-18,37-39H. The maximum Gasteiger partial charge on any atom is 0.0588 e. The van der Waals surface area contributed by atoms with Crippen LogP contribution in [-0.2, 0) is 0 Å². The zero-order valence-electron chi connectivity index (χ0n) is 20.9. The Morgan fingerprint density at radius 1 is 0.308 bits per heavy atom. The second-order valence-corrected chi connectivity index (χ2v) is 10.9. The van der Waals surface area contributed by atoms with Gasteiger partial charge in [-0.05, 0) is 68.7 Å². The normalized spacial score (nSPS) is 12.6. The van der Waals surface area contributed by atoms with Gasteiger partial charge in [0.25, 0.3) is 0 Å². The average Bonchev–Trinajstić information content (AvgIpc) is 3.63. The van der Waals surface area contributed by atoms with Crippen molar-refractivity contribution in [3.63, 3.8) is 0 Å². The molecular formula is C36H21N3. The summed E-state index contributed by atoms with van der Waals surface area (Å²) in [5, 5.41) is 15.0. The van der Waals surface area contributed by atoms with Gasteiger partial charge in [-0.3, -0.25) is 0 Å². The molecule has 0 saturated heterocycles. The molecule has 0 aliphatic heterocycles. The zero-order valence-corrected chi connectivity index (χ0v) is 20.9. The van der Waals surface area contributed by atoms with E-state index in [0.29, 0.717) is 0 Å². The second kappa shape index (κ2) is 6.77. The highest BCUT2D eigenvalue weighted by Gasteiger charge is 2.21. The van der Waals surface area contributed by atoms with Crippen molar-refractivity contribution < 1.29 is 0 Å². The molecule has 0 aliphatic rings. The highest BCUT2D eigenvalue weighted by molar-refractivity contribution is 6.39. The van der Waals surface area contributed by atoms with Crippen molar-refractivity contribution in [1.29, 1.82) is 0 Å². The van der Waals surface area contributed by atoms with E-state index in [-0.39, 0.29) is 0 Å². The fourth-order valence-corrected chi connectivity index (χ4v) is 6.99. The minimum atomic E-state index is 1.16. The van der Waals surface area contributed by atoms with Gasteiger partial charge in [-0.15, -0.1) is 0 Å². The quantitative estimate of drug-likeness (QED) is 0.187. The van der Waals surface area contributed by atoms with E-state index >= 15 is 0 Å². The molecule has 3 aromatic heterocycles. The van der Waals surface area contributed by atoms with Crippen LogP contribution in [0.1, 0.15) is 0 Å². The summed E-state index contributed by atoms with van der Waals surface area (Å²) in [5.74, 6) is 0. The Kier molecular flexibility index (Phi) is 3.44. The van der Waals surface area contributed by atoms with Crippen molar-refractivity contribution in [2.75, 3.05) is 0 Å². The minimum Gasteiger partial charge on any atom is -0.354 e. The maximum absolute atomic E-state index is 3.87. The second-order valence-electron chi connectivity index (χ2n) is 10.9. The summed E-state index contributed by atoms with van der Waals surface area (Å²) in [4.78, 5) is 11.6. The Hall–Kier alpha value is -5.28. The van der Waals surface area contributed by atoms with E-state index in [4.69, 9.17) is 0 Å². The smallest absolute Gasteiger partial charge is 0.0588 e. The summed E-state index contributed by atoms with van der Waals surface area (Å²) >= 11 is 0. The first kappa shape index (κ1) is 19.8. The number of fused-ring (bicyclic) bond motifs is 15. The lowest BCUT2D eigenvalue weighted by molar-refractivity contribution is 1.55. The lowest BCUT2D eigenvalue weighted by Gasteiger charge is -2.02. The van der Waals surface area contributed by atoms with Crippen LogP contribution in [0.15, 0.2) is 109 Å². The van der Waals surface area contributed by atoms with Gasteiger partial charge in [0.2, 0.25) is 0 Å². The van der Waals surface area contributed by atoms with Gasteiger partial charge in [-0.1, -0.05) is 72.8 Å². The summed E-state index contributed by atoms with van der Waals surface area (Å²) in [5.41, 5.74) is 7.03. The number of H-pyrrole nitrogens is 3. The first-order valence-corrected chi connectivity index (χ1v) is 13.4. The predicted octanol–water partition coefficient (Wildman–Crippen LogP) is 10.0. The highest BCUT2D eigenvalue weighted by Crippen LogP contribution is 2.45. The molecule has 3 N–H and O–H groups in total. The fourth-order valence-electron chi connectivity index (χ4n) is 6.99. The van der Waals surface area contributed by atoms with Crippen LogP contribution in [0, 0.1) is 0 Å². The minimum absolute atomic E-state index is 1.16. The molecule has 3 heterocycles. The molecule has 10 aromatic rings. The lowest BCUT2D eigenvalue weighted by atomic mass is 9.99. The number of aromatic nitrogens is 3. The number of nitrogens with one attached hydrogen (secondary N) is 3. The van der Waals surface area contributed by atoms with Crippen LogP contribution >= 0.6 is 0 Å². The molecule has 0 saturated carbocycles. The molecule has 10 rings (SSSR count). The summed E-state index contributed by atoms with van der Waals surface area (Å²) in [7, 11) is 0. The van der Waals surface area contributed by atoms with Crippen LogP contribution in [0.4, 0.5) is 0 Å². The molecule has 0 bridgehead atoms. The molecule has 180 valence electrons. The summed E-state index contributed by atoms with van der Waals surface area (Å²) in [6.45, 7) is 0. The van der Waals surface area contributed by atoms with E-state index in [2.05, 4.69) is 124 Å². The van der Waals surface area contributed by atoms with Crippen LogP contribution in [0.2, 0.25) is 0 Å². The SMILES string of the molecule is c1ccc2cc3c(cc2c1)[nH]c1c3c2[nH]c3cc4ccccc4cc3c2c2[nH]c3cc4ccccc4cc3c12. The molecule has 39 heavy (non-hydrogen) atoms. The molecule has 0 spiro atoms. The monoisotopic (exact) mass is 495 g/mol. The molecule has 3 heteroatoms. The summed E-state index contributed by atoms with van der Waals surface area (Å²) in [6.07, 6.45) is 0. The van der Waals surface area contributed by atoms with Gasteiger partial charge in [-0.25, -0.2) is 0 Å². The van der Waals surface area contributed by atoms with Crippen LogP contribution in [0.5, 0.6) is 0 Å². The van der Waals surface area contributed by atoms with Crippen molar-refractivity contribution in [2.24, 2.45) is 0 Å². The number of rotatable bonds is 0. The Bertz CT molecular complexity index is 2340. The number of aromatic amines is 3. The van der Waals surface area contributed by atoms with E-state index < -0.39 is 0 Å². The highest BCUT2D eigenvalue weighted by atomic mass is 14.8. The summed E-state index contributed by atoms with van der Waals surface area (Å²) < 4.78 is 0. The van der Waals surface area contributed by atoms with Gasteiger partial charge in [0, 0.05) is 48.9 Å². The van der Waals surface area contributed by atoms with Crippen LogP contribution in [-0.4, -0.2) is 15.0 Å². The first-order chi connectivity index (χ1) is 19.3. The third-order valence-electron chi connectivity index (χ3n) is 8.74. The average molecular weight is 496 g/mol. The Labute approximate surface area is 221 Å². The Balaban J connectivity index is 1.53. The van der Waals surface area contributed by atoms with E-state index in [9.17, 15) is 0 Å². The third kappa shape index (κ3) is 2.47. The van der Waals surface area contributed by atoms with Crippen molar-refractivity contribution in [3.8, 4) is 0 Å². The molecule has 0 fully saturated rings. The van der Waals surface area contributed by atoms with Crippen molar-refractivity contribution in [3.05, 3.63) is 109 Å². The predicted molar refractivity (Wildman–Crippen MR) is 167 cm³/mol. The van der Waals surface area contributed by atoms with E-state index in [1.165, 1.54) is 81.2 Å². The molecule has 0 aliphatic carbocycles. The van der Waals surface area contributed by atoms with Gasteiger partial charge in [0.15, 0.2) is 0 Å². The number of benzene rings is 7. The number of hydrogen-bond donors (Lipinski definition) is 3. The zero-order chi connectivity index (χ0) is 25.2. The summed E-state index contributed by atoms with van der Waals surface area (Å²) in [6, 6.07) is 39.8. The molecule has 7 aromatic carbocycles. The van der Waals surface area contributed by atoms with Crippen LogP contribution < -0.4 is 0 Å². The van der Waals surface area contributed by atoms with Crippen LogP contribution in [0.3, 0.4) is 0 Å². The first-order valence-electron chi connectivity index (χ1n) is 13.4. The maximum atomic E-state index is 3.87. The Morgan fingerprint density at radius 3 is 0.846 bits per heavy atom. The molecule has 0 atom stereocenters. The molecular weight excluding hydrogens is 474 g/mol. The largest absolute Gasteiger partial charge is 0.354 e. The molecule has 0 amide bonds. The van der Waals surface area contributed by atoms with E-state index in [1.807, 2.05) is 0 Å². The molecule has 3 nitrogen and oxygen atoms in total. The van der Waals surface area contributed by atoms with Gasteiger partial charge >= 0.3 is 0 Å². The van der Waals surface area contributed by atoms with E-state index in [0.717, 1.165) is 16.6 Å². The van der Waals surface area contributed by atoms with Crippen LogP contribution in [0.25, 0.3) is 97.7 Å². The molecule has 0 unspecified atom stereocenters. The topological polar surface area (TPSA) is 47.4 Å². The Morgan fingerprint density at radius 2 is 0.564 bits per heavy atom. The van der Waals surface area contributed by atoms with Gasteiger partial charge in [-0.2, -0.15) is 0 Å². The lowest BCUT2D eigenvalue weighted by Crippen LogP contribution is -1.78.